The van der Waals surface area contributed by atoms with Crippen LogP contribution in [0.1, 0.15) is 42.3 Å². The summed E-state index contributed by atoms with van der Waals surface area (Å²) in [6.07, 6.45) is 1.63. The van der Waals surface area contributed by atoms with Crippen LogP contribution in [0.5, 0.6) is 0 Å². The topological polar surface area (TPSA) is 76.3 Å². The number of aromatic nitrogens is 1. The van der Waals surface area contributed by atoms with Crippen molar-refractivity contribution >= 4 is 17.4 Å². The minimum atomic E-state index is -0.485. The van der Waals surface area contributed by atoms with Gasteiger partial charge in [-0.15, -0.1) is 0 Å². The minimum Gasteiger partial charge on any atom is -0.288 e. The Morgan fingerprint density at radius 1 is 1.00 bits per heavy atom. The maximum atomic E-state index is 13.2. The van der Waals surface area contributed by atoms with E-state index in [4.69, 9.17) is 0 Å². The number of nitrogens with zero attached hydrogens (tertiary/aromatic N) is 3. The maximum Gasteiger partial charge on any atom is 0.269 e. The maximum absolute atomic E-state index is 13.2. The van der Waals surface area contributed by atoms with E-state index in [-0.39, 0.29) is 17.0 Å². The van der Waals surface area contributed by atoms with Crippen LogP contribution in [0.25, 0.3) is 0 Å². The third kappa shape index (κ3) is 4.85. The molecular weight excluding hydrogens is 366 g/mol. The summed E-state index contributed by atoms with van der Waals surface area (Å²) in [6.45, 7) is 6.80. The smallest absolute Gasteiger partial charge is 0.269 e. The van der Waals surface area contributed by atoms with E-state index < -0.39 is 4.92 Å². The average molecular weight is 389 g/mol. The molecule has 0 aliphatic rings. The summed E-state index contributed by atoms with van der Waals surface area (Å²) in [5, 5.41) is 10.9. The number of rotatable bonds is 5. The molecule has 0 N–H and O–H groups in total. The van der Waals surface area contributed by atoms with Gasteiger partial charge in [-0.05, 0) is 40.8 Å². The molecule has 0 unspecified atom stereocenters. The number of nitro groups is 1. The number of amides is 1. The van der Waals surface area contributed by atoms with Gasteiger partial charge in [0.05, 0.1) is 11.5 Å². The second-order valence-corrected chi connectivity index (χ2v) is 7.83. The van der Waals surface area contributed by atoms with Crippen molar-refractivity contribution < 1.29 is 9.72 Å². The molecule has 0 spiro atoms. The van der Waals surface area contributed by atoms with E-state index in [0.717, 1.165) is 5.56 Å². The largest absolute Gasteiger partial charge is 0.288 e. The van der Waals surface area contributed by atoms with Gasteiger partial charge in [0.15, 0.2) is 0 Å². The molecule has 1 aromatic heterocycles. The molecule has 3 aromatic rings. The Labute approximate surface area is 170 Å². The van der Waals surface area contributed by atoms with Crippen molar-refractivity contribution in [2.45, 2.75) is 32.7 Å². The molecule has 2 aromatic carbocycles. The van der Waals surface area contributed by atoms with Crippen LogP contribution in [-0.4, -0.2) is 15.8 Å². The number of anilines is 1. The number of hydrogen-bond donors (Lipinski definition) is 0. The zero-order valence-electron chi connectivity index (χ0n) is 16.7. The van der Waals surface area contributed by atoms with Gasteiger partial charge in [-0.1, -0.05) is 51.1 Å². The lowest BCUT2D eigenvalue weighted by Crippen LogP contribution is -2.31. The van der Waals surface area contributed by atoms with Gasteiger partial charge in [0.2, 0.25) is 0 Å². The van der Waals surface area contributed by atoms with Crippen LogP contribution in [0, 0.1) is 10.1 Å². The summed E-state index contributed by atoms with van der Waals surface area (Å²) in [5.41, 5.74) is 2.55. The van der Waals surface area contributed by atoms with Gasteiger partial charge in [-0.2, -0.15) is 0 Å². The molecule has 29 heavy (non-hydrogen) atoms. The summed E-state index contributed by atoms with van der Waals surface area (Å²) >= 11 is 0. The Morgan fingerprint density at radius 3 is 2.17 bits per heavy atom. The van der Waals surface area contributed by atoms with E-state index in [0.29, 0.717) is 17.9 Å². The third-order valence-electron chi connectivity index (χ3n) is 4.66. The normalized spacial score (nSPS) is 11.1. The van der Waals surface area contributed by atoms with Gasteiger partial charge >= 0.3 is 0 Å². The Kier molecular flexibility index (Phi) is 5.73. The highest BCUT2D eigenvalue weighted by Gasteiger charge is 2.21. The number of non-ortho nitro benzene ring substituents is 1. The first-order valence-electron chi connectivity index (χ1n) is 9.32. The number of carbonyl (C=O) groups excluding carboxylic acids is 1. The molecule has 148 valence electrons. The first-order chi connectivity index (χ1) is 13.8. The molecule has 0 aliphatic heterocycles. The fourth-order valence-corrected chi connectivity index (χ4v) is 2.94. The molecule has 0 saturated carbocycles. The fourth-order valence-electron chi connectivity index (χ4n) is 2.94. The molecule has 0 aliphatic carbocycles. The quantitative estimate of drug-likeness (QED) is 0.447. The lowest BCUT2D eigenvalue weighted by molar-refractivity contribution is -0.384. The molecular formula is C23H23N3O3. The van der Waals surface area contributed by atoms with Crippen molar-refractivity contribution in [3.63, 3.8) is 0 Å². The highest BCUT2D eigenvalue weighted by molar-refractivity contribution is 6.05. The van der Waals surface area contributed by atoms with Crippen LogP contribution in [0.3, 0.4) is 0 Å². The summed E-state index contributed by atoms with van der Waals surface area (Å²) in [5.74, 6) is 0.259. The predicted molar refractivity (Wildman–Crippen MR) is 113 cm³/mol. The highest BCUT2D eigenvalue weighted by atomic mass is 16.6. The second kappa shape index (κ2) is 8.22. The first-order valence-corrected chi connectivity index (χ1v) is 9.32. The summed E-state index contributed by atoms with van der Waals surface area (Å²) in [4.78, 5) is 29.5. The Hall–Kier alpha value is -3.54. The SMILES string of the molecule is CC(C)(C)c1ccc(CN(C(=O)c2ccc([N+](=O)[O-])cc2)c2ccccn2)cc1. The minimum absolute atomic E-state index is 0.0494. The number of benzene rings is 2. The van der Waals surface area contributed by atoms with Crippen LogP contribution >= 0.6 is 0 Å². The standard InChI is InChI=1S/C23H23N3O3/c1-23(2,3)19-11-7-17(8-12-19)16-25(21-6-4-5-15-24-21)22(27)18-9-13-20(14-10-18)26(28)29/h4-15H,16H2,1-3H3. The van der Waals surface area contributed by atoms with E-state index in [9.17, 15) is 14.9 Å². The van der Waals surface area contributed by atoms with E-state index >= 15 is 0 Å². The molecule has 6 heteroatoms. The Morgan fingerprint density at radius 2 is 1.66 bits per heavy atom. The van der Waals surface area contributed by atoms with Gasteiger partial charge in [0.1, 0.15) is 5.82 Å². The Bertz CT molecular complexity index is 992. The molecule has 1 heterocycles. The molecule has 0 radical (unpaired) electrons. The molecule has 0 bridgehead atoms. The number of nitro benzene ring substituents is 1. The number of hydrogen-bond acceptors (Lipinski definition) is 4. The van der Waals surface area contributed by atoms with Gasteiger partial charge in [-0.3, -0.25) is 19.8 Å². The molecule has 0 saturated heterocycles. The van der Waals surface area contributed by atoms with Crippen molar-refractivity contribution in [2.24, 2.45) is 0 Å². The highest BCUT2D eigenvalue weighted by Crippen LogP contribution is 2.24. The van der Waals surface area contributed by atoms with Crippen LogP contribution in [0.4, 0.5) is 11.5 Å². The van der Waals surface area contributed by atoms with Gasteiger partial charge in [0.25, 0.3) is 11.6 Å². The van der Waals surface area contributed by atoms with E-state index in [2.05, 4.69) is 37.9 Å². The van der Waals surface area contributed by atoms with Crippen LogP contribution in [0.15, 0.2) is 72.9 Å². The van der Waals surface area contributed by atoms with E-state index in [1.165, 1.54) is 29.8 Å². The third-order valence-corrected chi connectivity index (χ3v) is 4.66. The lowest BCUT2D eigenvalue weighted by Gasteiger charge is -2.23. The molecule has 3 rings (SSSR count). The average Bonchev–Trinajstić information content (AvgIpc) is 2.72. The van der Waals surface area contributed by atoms with Gasteiger partial charge in [0, 0.05) is 23.9 Å². The monoisotopic (exact) mass is 389 g/mol. The molecule has 6 nitrogen and oxygen atoms in total. The number of pyridine rings is 1. The second-order valence-electron chi connectivity index (χ2n) is 7.83. The van der Waals surface area contributed by atoms with Crippen molar-refractivity contribution in [3.8, 4) is 0 Å². The van der Waals surface area contributed by atoms with E-state index in [1.807, 2.05) is 18.2 Å². The predicted octanol–water partition coefficient (Wildman–Crippen LogP) is 5.13. The Balaban J connectivity index is 1.91. The van der Waals surface area contributed by atoms with Crippen molar-refractivity contribution in [1.29, 1.82) is 0 Å². The fraction of sp³-hybridized carbons (Fsp3) is 0.217. The zero-order valence-corrected chi connectivity index (χ0v) is 16.7. The summed E-state index contributed by atoms with van der Waals surface area (Å²) in [6, 6.07) is 19.2. The van der Waals surface area contributed by atoms with Crippen LogP contribution in [-0.2, 0) is 12.0 Å². The summed E-state index contributed by atoms with van der Waals surface area (Å²) in [7, 11) is 0. The number of carbonyl (C=O) groups is 1. The van der Waals surface area contributed by atoms with Crippen molar-refractivity contribution in [2.75, 3.05) is 4.90 Å². The lowest BCUT2D eigenvalue weighted by atomic mass is 9.87. The first kappa shape index (κ1) is 20.2. The van der Waals surface area contributed by atoms with Crippen LogP contribution in [0.2, 0.25) is 0 Å². The van der Waals surface area contributed by atoms with Crippen LogP contribution < -0.4 is 4.90 Å². The van der Waals surface area contributed by atoms with Gasteiger partial charge in [-0.25, -0.2) is 4.98 Å². The summed E-state index contributed by atoms with van der Waals surface area (Å²) < 4.78 is 0. The zero-order chi connectivity index (χ0) is 21.0. The molecule has 0 atom stereocenters. The molecule has 0 fully saturated rings. The molecule has 1 amide bonds. The van der Waals surface area contributed by atoms with Gasteiger partial charge < -0.3 is 0 Å². The van der Waals surface area contributed by atoms with Crippen molar-refractivity contribution in [3.05, 3.63) is 99.7 Å². The van der Waals surface area contributed by atoms with Crippen molar-refractivity contribution in [1.82, 2.24) is 4.98 Å². The van der Waals surface area contributed by atoms with E-state index in [1.54, 1.807) is 23.2 Å².